The first kappa shape index (κ1) is 19.0. The van der Waals surface area contributed by atoms with Crippen molar-refractivity contribution in [1.29, 1.82) is 0 Å². The highest BCUT2D eigenvalue weighted by Gasteiger charge is 2.27. The second-order valence-electron chi connectivity index (χ2n) is 6.37. The molecule has 0 aliphatic heterocycles. The van der Waals surface area contributed by atoms with Crippen LogP contribution in [0.1, 0.15) is 28.4 Å². The molecule has 2 aromatic carbocycles. The smallest absolute Gasteiger partial charge is 0.225 e. The molecule has 1 amide bonds. The molecule has 7 heteroatoms. The Morgan fingerprint density at radius 2 is 1.78 bits per heavy atom. The zero-order valence-electron chi connectivity index (χ0n) is 14.8. The van der Waals surface area contributed by atoms with Gasteiger partial charge in [0.05, 0.1) is 17.3 Å². The van der Waals surface area contributed by atoms with E-state index in [1.54, 1.807) is 29.8 Å². The first-order chi connectivity index (χ1) is 12.8. The van der Waals surface area contributed by atoms with E-state index < -0.39 is 17.6 Å². The molecule has 2 N–H and O–H groups in total. The number of aromatic nitrogens is 2. The van der Waals surface area contributed by atoms with Gasteiger partial charge in [-0.15, -0.1) is 0 Å². The number of benzene rings is 2. The van der Waals surface area contributed by atoms with Crippen molar-refractivity contribution in [3.05, 3.63) is 81.6 Å². The van der Waals surface area contributed by atoms with E-state index in [2.05, 4.69) is 5.10 Å². The summed E-state index contributed by atoms with van der Waals surface area (Å²) < 4.78 is 28.1. The third kappa shape index (κ3) is 3.85. The summed E-state index contributed by atoms with van der Waals surface area (Å²) in [6.07, 6.45) is 0.227. The zero-order chi connectivity index (χ0) is 19.7. The summed E-state index contributed by atoms with van der Waals surface area (Å²) in [4.78, 5) is 12.2. The molecule has 4 nitrogen and oxygen atoms in total. The number of aryl methyl sites for hydroxylation is 1. The van der Waals surface area contributed by atoms with Gasteiger partial charge in [-0.2, -0.15) is 5.10 Å². The molecule has 1 aromatic heterocycles. The Kier molecular flexibility index (Phi) is 5.28. The summed E-state index contributed by atoms with van der Waals surface area (Å²) in [6.45, 7) is 3.60. The van der Waals surface area contributed by atoms with E-state index in [0.717, 1.165) is 5.69 Å². The third-order valence-corrected chi connectivity index (χ3v) is 4.90. The molecule has 0 fully saturated rings. The number of amides is 1. The van der Waals surface area contributed by atoms with E-state index in [9.17, 15) is 13.6 Å². The molecular formula is C20H18ClF2N3O. The fourth-order valence-electron chi connectivity index (χ4n) is 3.24. The fourth-order valence-corrected chi connectivity index (χ4v) is 3.49. The molecule has 3 aromatic rings. The average molecular weight is 390 g/mol. The highest BCUT2D eigenvalue weighted by molar-refractivity contribution is 6.31. The Hall–Kier alpha value is -2.73. The Morgan fingerprint density at radius 1 is 1.15 bits per heavy atom. The van der Waals surface area contributed by atoms with Gasteiger partial charge in [0.1, 0.15) is 11.6 Å². The van der Waals surface area contributed by atoms with Gasteiger partial charge < -0.3 is 5.73 Å². The second kappa shape index (κ2) is 7.48. The molecule has 1 unspecified atom stereocenters. The fraction of sp³-hybridized carbons (Fsp3) is 0.200. The number of rotatable bonds is 5. The minimum absolute atomic E-state index is 0.227. The van der Waals surface area contributed by atoms with Crippen LogP contribution in [0.25, 0.3) is 5.69 Å². The highest BCUT2D eigenvalue weighted by Crippen LogP contribution is 2.31. The van der Waals surface area contributed by atoms with Crippen molar-refractivity contribution >= 4 is 17.5 Å². The Balaban J connectivity index is 2.03. The van der Waals surface area contributed by atoms with Crippen LogP contribution in [0.3, 0.4) is 0 Å². The summed E-state index contributed by atoms with van der Waals surface area (Å²) in [7, 11) is 0. The molecule has 0 aliphatic rings. The summed E-state index contributed by atoms with van der Waals surface area (Å²) in [5.41, 5.74) is 9.00. The lowest BCUT2D eigenvalue weighted by Gasteiger charge is -2.16. The lowest BCUT2D eigenvalue weighted by atomic mass is 9.90. The van der Waals surface area contributed by atoms with Crippen molar-refractivity contribution in [1.82, 2.24) is 9.78 Å². The van der Waals surface area contributed by atoms with Crippen LogP contribution in [0, 0.1) is 25.5 Å². The van der Waals surface area contributed by atoms with E-state index in [1.165, 1.54) is 24.3 Å². The summed E-state index contributed by atoms with van der Waals surface area (Å²) in [5, 5.41) is 4.72. The minimum atomic E-state index is -0.679. The predicted octanol–water partition coefficient (Wildman–Crippen LogP) is 4.23. The van der Waals surface area contributed by atoms with Crippen molar-refractivity contribution in [3.8, 4) is 5.69 Å². The van der Waals surface area contributed by atoms with Crippen LogP contribution in [-0.4, -0.2) is 15.7 Å². The van der Waals surface area contributed by atoms with Crippen molar-refractivity contribution in [2.24, 2.45) is 5.73 Å². The van der Waals surface area contributed by atoms with E-state index in [1.807, 2.05) is 6.92 Å². The van der Waals surface area contributed by atoms with E-state index >= 15 is 0 Å². The maximum atomic E-state index is 13.3. The molecule has 0 aliphatic carbocycles. The SMILES string of the molecule is Cc1nn(-c2ccc(F)cc2)c(C)c1C(Cc1ccc(F)cc1Cl)C(N)=O. The predicted molar refractivity (Wildman–Crippen MR) is 100 cm³/mol. The molecule has 0 saturated carbocycles. The topological polar surface area (TPSA) is 60.9 Å². The van der Waals surface area contributed by atoms with Crippen molar-refractivity contribution < 1.29 is 13.6 Å². The number of hydrogen-bond donors (Lipinski definition) is 1. The first-order valence-electron chi connectivity index (χ1n) is 8.33. The molecule has 0 bridgehead atoms. The molecule has 0 saturated heterocycles. The molecule has 0 spiro atoms. The number of carbonyl (C=O) groups is 1. The zero-order valence-corrected chi connectivity index (χ0v) is 15.6. The number of primary amides is 1. The van der Waals surface area contributed by atoms with Crippen LogP contribution in [-0.2, 0) is 11.2 Å². The molecule has 3 rings (SSSR count). The maximum Gasteiger partial charge on any atom is 0.225 e. The van der Waals surface area contributed by atoms with Crippen LogP contribution in [0.2, 0.25) is 5.02 Å². The summed E-state index contributed by atoms with van der Waals surface area (Å²) in [6, 6.07) is 9.94. The van der Waals surface area contributed by atoms with Crippen LogP contribution in [0.4, 0.5) is 8.78 Å². The molecule has 140 valence electrons. The average Bonchev–Trinajstić information content (AvgIpc) is 2.89. The van der Waals surface area contributed by atoms with Gasteiger partial charge in [-0.05, 0) is 62.2 Å². The van der Waals surface area contributed by atoms with Crippen LogP contribution in [0.15, 0.2) is 42.5 Å². The van der Waals surface area contributed by atoms with Crippen molar-refractivity contribution in [2.75, 3.05) is 0 Å². The third-order valence-electron chi connectivity index (χ3n) is 4.55. The minimum Gasteiger partial charge on any atom is -0.369 e. The normalized spacial score (nSPS) is 12.2. The van der Waals surface area contributed by atoms with Gasteiger partial charge in [0.15, 0.2) is 0 Å². The monoisotopic (exact) mass is 389 g/mol. The van der Waals surface area contributed by atoms with Gasteiger partial charge in [0, 0.05) is 16.3 Å². The quantitative estimate of drug-likeness (QED) is 0.709. The van der Waals surface area contributed by atoms with Gasteiger partial charge in [-0.3, -0.25) is 4.79 Å². The Morgan fingerprint density at radius 3 is 2.37 bits per heavy atom. The van der Waals surface area contributed by atoms with Gasteiger partial charge in [0.25, 0.3) is 0 Å². The van der Waals surface area contributed by atoms with Gasteiger partial charge >= 0.3 is 0 Å². The van der Waals surface area contributed by atoms with E-state index in [-0.39, 0.29) is 17.3 Å². The lowest BCUT2D eigenvalue weighted by molar-refractivity contribution is -0.119. The molecular weight excluding hydrogens is 372 g/mol. The largest absolute Gasteiger partial charge is 0.369 e. The van der Waals surface area contributed by atoms with Crippen LogP contribution >= 0.6 is 11.6 Å². The van der Waals surface area contributed by atoms with Crippen molar-refractivity contribution in [2.45, 2.75) is 26.2 Å². The second-order valence-corrected chi connectivity index (χ2v) is 6.77. The maximum absolute atomic E-state index is 13.3. The van der Waals surface area contributed by atoms with Gasteiger partial charge in [-0.25, -0.2) is 13.5 Å². The van der Waals surface area contributed by atoms with Gasteiger partial charge in [0.2, 0.25) is 5.91 Å². The van der Waals surface area contributed by atoms with Crippen molar-refractivity contribution in [3.63, 3.8) is 0 Å². The summed E-state index contributed by atoms with van der Waals surface area (Å²) >= 11 is 6.11. The number of carbonyl (C=O) groups excluding carboxylic acids is 1. The van der Waals surface area contributed by atoms with Crippen LogP contribution < -0.4 is 5.73 Å². The number of halogens is 3. The van der Waals surface area contributed by atoms with Gasteiger partial charge in [-0.1, -0.05) is 17.7 Å². The molecule has 0 radical (unpaired) electrons. The Labute approximate surface area is 160 Å². The molecule has 1 heterocycles. The standard InChI is InChI=1S/C20H18ClF2N3O/c1-11-19(12(2)26(25-11)16-7-5-14(22)6-8-16)17(20(24)27)9-13-3-4-15(23)10-18(13)21/h3-8,10,17H,9H2,1-2H3,(H2,24,27). The highest BCUT2D eigenvalue weighted by atomic mass is 35.5. The lowest BCUT2D eigenvalue weighted by Crippen LogP contribution is -2.24. The Bertz CT molecular complexity index is 999. The number of hydrogen-bond acceptors (Lipinski definition) is 2. The number of nitrogens with zero attached hydrogens (tertiary/aromatic N) is 2. The first-order valence-corrected chi connectivity index (χ1v) is 8.71. The van der Waals surface area contributed by atoms with E-state index in [4.69, 9.17) is 17.3 Å². The summed E-state index contributed by atoms with van der Waals surface area (Å²) in [5.74, 6) is -2.00. The molecule has 27 heavy (non-hydrogen) atoms. The molecule has 1 atom stereocenters. The number of nitrogens with two attached hydrogens (primary N) is 1. The van der Waals surface area contributed by atoms with E-state index in [0.29, 0.717) is 22.5 Å². The van der Waals surface area contributed by atoms with Crippen LogP contribution in [0.5, 0.6) is 0 Å².